The Labute approximate surface area is 107 Å². The van der Waals surface area contributed by atoms with E-state index in [2.05, 4.69) is 11.5 Å². The van der Waals surface area contributed by atoms with Gasteiger partial charge in [0.15, 0.2) is 0 Å². The number of nitrogens with zero attached hydrogens (tertiary/aromatic N) is 1. The Bertz CT molecular complexity index is 412. The molecule has 1 rings (SSSR count). The van der Waals surface area contributed by atoms with E-state index in [0.29, 0.717) is 18.7 Å². The van der Waals surface area contributed by atoms with Gasteiger partial charge in [0.1, 0.15) is 12.9 Å². The number of carbonyl (C=O) groups excluding carboxylic acids is 2. The number of aldehydes is 1. The van der Waals surface area contributed by atoms with Gasteiger partial charge >= 0.3 is 5.97 Å². The van der Waals surface area contributed by atoms with Crippen molar-refractivity contribution in [2.24, 2.45) is 0 Å². The molecule has 96 valence electrons. The van der Waals surface area contributed by atoms with Gasteiger partial charge in [0.25, 0.3) is 0 Å². The third kappa shape index (κ3) is 4.05. The largest absolute Gasteiger partial charge is 0.461 e. The van der Waals surface area contributed by atoms with Crippen LogP contribution < -0.4 is 4.90 Å². The van der Waals surface area contributed by atoms with Crippen LogP contribution in [0.25, 0.3) is 0 Å². The standard InChI is InChI=1S/C14H17NO3/c1-3-14(17)18-10-9-15(4-2)13-7-5-12(11-16)6-8-13/h3,5-8,11H,1,4,9-10H2,2H3. The second-order valence-electron chi connectivity index (χ2n) is 3.66. The second kappa shape index (κ2) is 7.27. The van der Waals surface area contributed by atoms with Crippen molar-refractivity contribution >= 4 is 17.9 Å². The van der Waals surface area contributed by atoms with Crippen LogP contribution in [0.2, 0.25) is 0 Å². The van der Waals surface area contributed by atoms with Gasteiger partial charge < -0.3 is 9.64 Å². The molecule has 0 saturated carbocycles. The molecular weight excluding hydrogens is 230 g/mol. The fraction of sp³-hybridized carbons (Fsp3) is 0.286. The first-order valence-corrected chi connectivity index (χ1v) is 5.80. The van der Waals surface area contributed by atoms with E-state index >= 15 is 0 Å². The summed E-state index contributed by atoms with van der Waals surface area (Å²) in [4.78, 5) is 23.5. The zero-order valence-electron chi connectivity index (χ0n) is 10.5. The van der Waals surface area contributed by atoms with Gasteiger partial charge in [-0.15, -0.1) is 0 Å². The lowest BCUT2D eigenvalue weighted by Gasteiger charge is -2.22. The van der Waals surface area contributed by atoms with Crippen LogP contribution in [-0.4, -0.2) is 32.0 Å². The van der Waals surface area contributed by atoms with Crippen molar-refractivity contribution in [2.45, 2.75) is 6.92 Å². The minimum atomic E-state index is -0.414. The first-order valence-electron chi connectivity index (χ1n) is 5.80. The summed E-state index contributed by atoms with van der Waals surface area (Å²) < 4.78 is 4.94. The molecule has 0 fully saturated rings. The SMILES string of the molecule is C=CC(=O)OCCN(CC)c1ccc(C=O)cc1. The second-order valence-corrected chi connectivity index (χ2v) is 3.66. The quantitative estimate of drug-likeness (QED) is 0.420. The van der Waals surface area contributed by atoms with Crippen LogP contribution in [0.5, 0.6) is 0 Å². The molecule has 0 saturated heterocycles. The number of hydrogen-bond donors (Lipinski definition) is 0. The molecule has 0 atom stereocenters. The van der Waals surface area contributed by atoms with Crippen molar-refractivity contribution in [1.29, 1.82) is 0 Å². The molecule has 0 amide bonds. The summed E-state index contributed by atoms with van der Waals surface area (Å²) in [7, 11) is 0. The Morgan fingerprint density at radius 1 is 1.39 bits per heavy atom. The number of rotatable bonds is 7. The van der Waals surface area contributed by atoms with Gasteiger partial charge in [0.2, 0.25) is 0 Å². The maximum absolute atomic E-state index is 10.9. The van der Waals surface area contributed by atoms with Crippen molar-refractivity contribution in [1.82, 2.24) is 0 Å². The first-order chi connectivity index (χ1) is 8.71. The van der Waals surface area contributed by atoms with Gasteiger partial charge in [0, 0.05) is 23.9 Å². The van der Waals surface area contributed by atoms with Crippen LogP contribution in [0.4, 0.5) is 5.69 Å². The number of esters is 1. The molecule has 0 N–H and O–H groups in total. The zero-order valence-corrected chi connectivity index (χ0v) is 10.5. The number of benzene rings is 1. The Hall–Kier alpha value is -2.10. The average Bonchev–Trinajstić information content (AvgIpc) is 2.43. The van der Waals surface area contributed by atoms with E-state index < -0.39 is 5.97 Å². The minimum Gasteiger partial charge on any atom is -0.461 e. The summed E-state index contributed by atoms with van der Waals surface area (Å²) in [5.74, 6) is -0.414. The summed E-state index contributed by atoms with van der Waals surface area (Å²) >= 11 is 0. The normalized spacial score (nSPS) is 9.61. The third-order valence-electron chi connectivity index (χ3n) is 2.55. The highest BCUT2D eigenvalue weighted by Gasteiger charge is 2.05. The van der Waals surface area contributed by atoms with Crippen LogP contribution in [0.1, 0.15) is 17.3 Å². The van der Waals surface area contributed by atoms with E-state index in [0.717, 1.165) is 24.6 Å². The fourth-order valence-electron chi connectivity index (χ4n) is 1.55. The smallest absolute Gasteiger partial charge is 0.330 e. The van der Waals surface area contributed by atoms with Gasteiger partial charge in [-0.25, -0.2) is 4.79 Å². The van der Waals surface area contributed by atoms with E-state index in [1.54, 1.807) is 12.1 Å². The summed E-state index contributed by atoms with van der Waals surface area (Å²) in [6.45, 7) is 7.07. The lowest BCUT2D eigenvalue weighted by Crippen LogP contribution is -2.27. The number of likely N-dealkylation sites (N-methyl/N-ethyl adjacent to an activating group) is 1. The number of ether oxygens (including phenoxy) is 1. The summed E-state index contributed by atoms with van der Waals surface area (Å²) in [5, 5.41) is 0. The van der Waals surface area contributed by atoms with E-state index in [-0.39, 0.29) is 0 Å². The average molecular weight is 247 g/mol. The summed E-state index contributed by atoms with van der Waals surface area (Å²) in [5.41, 5.74) is 1.64. The molecule has 0 heterocycles. The molecule has 0 aromatic heterocycles. The van der Waals surface area contributed by atoms with E-state index in [4.69, 9.17) is 4.74 Å². The van der Waals surface area contributed by atoms with Gasteiger partial charge in [-0.1, -0.05) is 6.58 Å². The minimum absolute atomic E-state index is 0.314. The molecule has 4 heteroatoms. The summed E-state index contributed by atoms with van der Waals surface area (Å²) in [6.07, 6.45) is 1.96. The predicted octanol–water partition coefficient (Wildman–Crippen LogP) is 2.05. The molecule has 0 bridgehead atoms. The molecule has 0 aliphatic carbocycles. The first kappa shape index (κ1) is 14.0. The van der Waals surface area contributed by atoms with Gasteiger partial charge in [0.05, 0.1) is 6.54 Å². The lowest BCUT2D eigenvalue weighted by molar-refractivity contribution is -0.137. The molecule has 1 aromatic carbocycles. The molecule has 0 aliphatic heterocycles. The Morgan fingerprint density at radius 3 is 2.56 bits per heavy atom. The molecule has 18 heavy (non-hydrogen) atoms. The number of hydrogen-bond acceptors (Lipinski definition) is 4. The highest BCUT2D eigenvalue weighted by molar-refractivity contribution is 5.81. The molecule has 1 aromatic rings. The van der Waals surface area contributed by atoms with E-state index in [9.17, 15) is 9.59 Å². The number of anilines is 1. The van der Waals surface area contributed by atoms with Gasteiger partial charge in [-0.3, -0.25) is 4.79 Å². The van der Waals surface area contributed by atoms with Crippen molar-refractivity contribution < 1.29 is 14.3 Å². The third-order valence-corrected chi connectivity index (χ3v) is 2.55. The van der Waals surface area contributed by atoms with Crippen LogP contribution >= 0.6 is 0 Å². The van der Waals surface area contributed by atoms with Gasteiger partial charge in [-0.05, 0) is 31.2 Å². The van der Waals surface area contributed by atoms with Crippen molar-refractivity contribution in [3.8, 4) is 0 Å². The molecule has 0 spiro atoms. The molecule has 0 unspecified atom stereocenters. The van der Waals surface area contributed by atoms with Crippen LogP contribution in [-0.2, 0) is 9.53 Å². The zero-order chi connectivity index (χ0) is 13.4. The maximum Gasteiger partial charge on any atom is 0.330 e. The van der Waals surface area contributed by atoms with Crippen LogP contribution in [0.3, 0.4) is 0 Å². The monoisotopic (exact) mass is 247 g/mol. The summed E-state index contributed by atoms with van der Waals surface area (Å²) in [6, 6.07) is 7.28. The number of carbonyl (C=O) groups is 2. The fourth-order valence-corrected chi connectivity index (χ4v) is 1.55. The Balaban J connectivity index is 2.56. The van der Waals surface area contributed by atoms with E-state index in [1.165, 1.54) is 0 Å². The highest BCUT2D eigenvalue weighted by atomic mass is 16.5. The van der Waals surface area contributed by atoms with Crippen molar-refractivity contribution in [3.05, 3.63) is 42.5 Å². The maximum atomic E-state index is 10.9. The topological polar surface area (TPSA) is 46.6 Å². The van der Waals surface area contributed by atoms with Crippen LogP contribution in [0, 0.1) is 0 Å². The molecule has 0 radical (unpaired) electrons. The molecular formula is C14H17NO3. The lowest BCUT2D eigenvalue weighted by atomic mass is 10.2. The van der Waals surface area contributed by atoms with E-state index in [1.807, 2.05) is 19.1 Å². The molecule has 0 aliphatic rings. The Morgan fingerprint density at radius 2 is 2.06 bits per heavy atom. The Kier molecular flexibility index (Phi) is 5.64. The molecule has 4 nitrogen and oxygen atoms in total. The van der Waals surface area contributed by atoms with Crippen LogP contribution in [0.15, 0.2) is 36.9 Å². The van der Waals surface area contributed by atoms with Crippen molar-refractivity contribution in [2.75, 3.05) is 24.6 Å². The predicted molar refractivity (Wildman–Crippen MR) is 70.9 cm³/mol. The highest BCUT2D eigenvalue weighted by Crippen LogP contribution is 2.14. The van der Waals surface area contributed by atoms with Crippen molar-refractivity contribution in [3.63, 3.8) is 0 Å². The van der Waals surface area contributed by atoms with Gasteiger partial charge in [-0.2, -0.15) is 0 Å².